The maximum absolute atomic E-state index is 12.3. The number of thioether (sulfide) groups is 1. The summed E-state index contributed by atoms with van der Waals surface area (Å²) in [5.41, 5.74) is 4.12. The predicted molar refractivity (Wildman–Crippen MR) is 101 cm³/mol. The molecule has 0 saturated carbocycles. The molecule has 0 atom stereocenters. The average Bonchev–Trinajstić information content (AvgIpc) is 3.30. The lowest BCUT2D eigenvalue weighted by molar-refractivity contribution is -0.113. The SMILES string of the molecule is Cc1ccc(-n2nnnc2SCC(=O)Nc2cccc3nsnc23)cc1. The molecule has 26 heavy (non-hydrogen) atoms. The van der Waals surface area contributed by atoms with Crippen molar-refractivity contribution in [3.63, 3.8) is 0 Å². The lowest BCUT2D eigenvalue weighted by atomic mass is 10.2. The van der Waals surface area contributed by atoms with Gasteiger partial charge in [-0.05, 0) is 41.6 Å². The number of nitrogens with one attached hydrogen (secondary N) is 1. The van der Waals surface area contributed by atoms with Gasteiger partial charge in [0.1, 0.15) is 11.0 Å². The Balaban J connectivity index is 1.45. The van der Waals surface area contributed by atoms with Gasteiger partial charge in [-0.25, -0.2) is 0 Å². The minimum absolute atomic E-state index is 0.158. The number of hydrogen-bond donors (Lipinski definition) is 1. The normalized spacial score (nSPS) is 11.0. The quantitative estimate of drug-likeness (QED) is 0.529. The standard InChI is InChI=1S/C16H13N7OS2/c1-10-5-7-11(8-6-10)23-16(18-21-22-23)25-9-14(24)17-12-3-2-4-13-15(12)20-26-19-13/h2-8H,9H2,1H3,(H,17,24). The van der Waals surface area contributed by atoms with Gasteiger partial charge in [-0.3, -0.25) is 4.79 Å². The zero-order chi connectivity index (χ0) is 17.9. The van der Waals surface area contributed by atoms with E-state index in [4.69, 9.17) is 0 Å². The topological polar surface area (TPSA) is 98.5 Å². The van der Waals surface area contributed by atoms with Crippen molar-refractivity contribution >= 4 is 46.1 Å². The van der Waals surface area contributed by atoms with Crippen LogP contribution in [0.25, 0.3) is 16.7 Å². The smallest absolute Gasteiger partial charge is 0.234 e. The summed E-state index contributed by atoms with van der Waals surface area (Å²) in [6.45, 7) is 2.02. The Kier molecular flexibility index (Phi) is 4.59. The molecule has 0 aliphatic carbocycles. The van der Waals surface area contributed by atoms with E-state index in [2.05, 4.69) is 29.6 Å². The molecule has 0 radical (unpaired) electrons. The minimum Gasteiger partial charge on any atom is -0.323 e. The molecule has 1 N–H and O–H groups in total. The van der Waals surface area contributed by atoms with Gasteiger partial charge in [-0.1, -0.05) is 35.5 Å². The molecule has 0 aliphatic rings. The van der Waals surface area contributed by atoms with Crippen LogP contribution in [0, 0.1) is 6.92 Å². The third-order valence-electron chi connectivity index (χ3n) is 3.61. The van der Waals surface area contributed by atoms with Gasteiger partial charge in [0.15, 0.2) is 0 Å². The van der Waals surface area contributed by atoms with Crippen LogP contribution in [0.4, 0.5) is 5.69 Å². The third-order valence-corrected chi connectivity index (χ3v) is 5.07. The second-order valence-electron chi connectivity index (χ2n) is 5.48. The lowest BCUT2D eigenvalue weighted by Gasteiger charge is -2.06. The first-order valence-corrected chi connectivity index (χ1v) is 9.41. The van der Waals surface area contributed by atoms with Crippen molar-refractivity contribution in [2.45, 2.75) is 12.1 Å². The fourth-order valence-corrected chi connectivity index (χ4v) is 3.58. The minimum atomic E-state index is -0.158. The first-order valence-electron chi connectivity index (χ1n) is 7.70. The summed E-state index contributed by atoms with van der Waals surface area (Å²) < 4.78 is 10.00. The highest BCUT2D eigenvalue weighted by molar-refractivity contribution is 7.99. The van der Waals surface area contributed by atoms with Crippen molar-refractivity contribution in [3.05, 3.63) is 48.0 Å². The molecule has 0 saturated heterocycles. The molecule has 130 valence electrons. The number of fused-ring (bicyclic) bond motifs is 1. The molecule has 4 rings (SSSR count). The van der Waals surface area contributed by atoms with Gasteiger partial charge >= 0.3 is 0 Å². The van der Waals surface area contributed by atoms with Crippen molar-refractivity contribution in [2.75, 3.05) is 11.1 Å². The molecule has 2 aromatic heterocycles. The second kappa shape index (κ2) is 7.18. The van der Waals surface area contributed by atoms with Crippen LogP contribution >= 0.6 is 23.5 Å². The van der Waals surface area contributed by atoms with Crippen molar-refractivity contribution in [1.82, 2.24) is 29.0 Å². The zero-order valence-electron chi connectivity index (χ0n) is 13.7. The van der Waals surface area contributed by atoms with Crippen LogP contribution in [-0.2, 0) is 4.79 Å². The molecule has 0 fully saturated rings. The van der Waals surface area contributed by atoms with Gasteiger partial charge in [0.2, 0.25) is 11.1 Å². The molecule has 0 unspecified atom stereocenters. The molecule has 2 aromatic carbocycles. The number of rotatable bonds is 5. The number of tetrazole rings is 1. The van der Waals surface area contributed by atoms with Crippen molar-refractivity contribution in [1.29, 1.82) is 0 Å². The van der Waals surface area contributed by atoms with E-state index in [0.29, 0.717) is 16.4 Å². The van der Waals surface area contributed by atoms with Gasteiger partial charge in [-0.2, -0.15) is 13.4 Å². The Labute approximate surface area is 157 Å². The summed E-state index contributed by atoms with van der Waals surface area (Å²) in [5, 5.41) is 15.1. The number of nitrogens with zero attached hydrogens (tertiary/aromatic N) is 6. The van der Waals surface area contributed by atoms with Crippen LogP contribution in [0.3, 0.4) is 0 Å². The van der Waals surface area contributed by atoms with E-state index in [0.717, 1.165) is 28.5 Å². The third kappa shape index (κ3) is 3.41. The average molecular weight is 383 g/mol. The molecule has 0 aliphatic heterocycles. The van der Waals surface area contributed by atoms with Crippen LogP contribution in [0.15, 0.2) is 47.6 Å². The monoisotopic (exact) mass is 383 g/mol. The molecule has 0 bridgehead atoms. The van der Waals surface area contributed by atoms with Gasteiger partial charge in [-0.15, -0.1) is 5.10 Å². The molecular formula is C16H13N7OS2. The second-order valence-corrected chi connectivity index (χ2v) is 6.95. The van der Waals surface area contributed by atoms with Crippen LogP contribution < -0.4 is 5.32 Å². The first-order chi connectivity index (χ1) is 12.7. The summed E-state index contributed by atoms with van der Waals surface area (Å²) in [4.78, 5) is 12.3. The Morgan fingerprint density at radius 2 is 2.04 bits per heavy atom. The molecular weight excluding hydrogens is 370 g/mol. The number of hydrogen-bond acceptors (Lipinski definition) is 8. The van der Waals surface area contributed by atoms with Crippen LogP contribution in [-0.4, -0.2) is 40.6 Å². The van der Waals surface area contributed by atoms with Gasteiger partial charge in [0.25, 0.3) is 0 Å². The Hall–Kier alpha value is -2.85. The first kappa shape index (κ1) is 16.6. The maximum Gasteiger partial charge on any atom is 0.234 e. The Morgan fingerprint density at radius 1 is 1.19 bits per heavy atom. The number of anilines is 1. The van der Waals surface area contributed by atoms with E-state index < -0.39 is 0 Å². The number of carbonyl (C=O) groups excluding carboxylic acids is 1. The number of aryl methyl sites for hydroxylation is 1. The fraction of sp³-hybridized carbons (Fsp3) is 0.125. The summed E-state index contributed by atoms with van der Waals surface area (Å²) >= 11 is 2.39. The van der Waals surface area contributed by atoms with E-state index in [1.807, 2.05) is 49.4 Å². The summed E-state index contributed by atoms with van der Waals surface area (Å²) in [5.74, 6) is 0.0224. The number of aromatic nitrogens is 6. The summed E-state index contributed by atoms with van der Waals surface area (Å²) in [6.07, 6.45) is 0. The molecule has 10 heteroatoms. The molecule has 2 heterocycles. The lowest BCUT2D eigenvalue weighted by Crippen LogP contribution is -2.15. The molecule has 0 spiro atoms. The summed E-state index contributed by atoms with van der Waals surface area (Å²) in [7, 11) is 0. The van der Waals surface area contributed by atoms with Crippen LogP contribution in [0.1, 0.15) is 5.56 Å². The van der Waals surface area contributed by atoms with Crippen molar-refractivity contribution < 1.29 is 4.79 Å². The summed E-state index contributed by atoms with van der Waals surface area (Å²) in [6, 6.07) is 13.4. The molecule has 4 aromatic rings. The largest absolute Gasteiger partial charge is 0.323 e. The zero-order valence-corrected chi connectivity index (χ0v) is 15.3. The van der Waals surface area contributed by atoms with E-state index in [1.165, 1.54) is 11.8 Å². The van der Waals surface area contributed by atoms with E-state index in [1.54, 1.807) is 4.68 Å². The molecule has 8 nitrogen and oxygen atoms in total. The Bertz CT molecular complexity index is 1060. The van der Waals surface area contributed by atoms with E-state index >= 15 is 0 Å². The highest BCUT2D eigenvalue weighted by atomic mass is 32.2. The van der Waals surface area contributed by atoms with Gasteiger partial charge < -0.3 is 5.32 Å². The number of amides is 1. The van der Waals surface area contributed by atoms with Gasteiger partial charge in [0.05, 0.1) is 28.9 Å². The number of carbonyl (C=O) groups is 1. The van der Waals surface area contributed by atoms with Crippen LogP contribution in [0.5, 0.6) is 0 Å². The van der Waals surface area contributed by atoms with Crippen LogP contribution in [0.2, 0.25) is 0 Å². The van der Waals surface area contributed by atoms with Crippen molar-refractivity contribution in [2.24, 2.45) is 0 Å². The van der Waals surface area contributed by atoms with E-state index in [-0.39, 0.29) is 11.7 Å². The highest BCUT2D eigenvalue weighted by Gasteiger charge is 2.13. The number of benzene rings is 2. The highest BCUT2D eigenvalue weighted by Crippen LogP contribution is 2.22. The maximum atomic E-state index is 12.3. The van der Waals surface area contributed by atoms with Crippen molar-refractivity contribution in [3.8, 4) is 5.69 Å². The predicted octanol–water partition coefficient (Wildman–Crippen LogP) is 2.71. The fourth-order valence-electron chi connectivity index (χ4n) is 2.34. The Morgan fingerprint density at radius 3 is 2.88 bits per heavy atom. The van der Waals surface area contributed by atoms with Gasteiger partial charge in [0, 0.05) is 0 Å². The molecule has 1 amide bonds. The van der Waals surface area contributed by atoms with E-state index in [9.17, 15) is 4.79 Å².